The van der Waals surface area contributed by atoms with E-state index in [1.807, 2.05) is 13.8 Å². The Labute approximate surface area is 215 Å². The lowest BCUT2D eigenvalue weighted by molar-refractivity contribution is -0.152. The van der Waals surface area contributed by atoms with E-state index in [0.717, 1.165) is 57.2 Å². The molecule has 194 valence electrons. The second kappa shape index (κ2) is 11.3. The third-order valence-corrected chi connectivity index (χ3v) is 7.98. The van der Waals surface area contributed by atoms with Crippen molar-refractivity contribution in [1.82, 2.24) is 14.7 Å². The molecular weight excluding hydrogens is 466 g/mol. The monoisotopic (exact) mass is 505 g/mol. The predicted molar refractivity (Wildman–Crippen MR) is 138 cm³/mol. The zero-order valence-electron chi connectivity index (χ0n) is 21.3. The van der Waals surface area contributed by atoms with E-state index in [4.69, 9.17) is 0 Å². The Morgan fingerprint density at radius 2 is 1.77 bits per heavy atom. The van der Waals surface area contributed by atoms with Gasteiger partial charge in [-0.2, -0.15) is 0 Å². The molecular formula is C27H40ClN3O4. The molecule has 1 aromatic rings. The van der Waals surface area contributed by atoms with Crippen molar-refractivity contribution in [1.29, 1.82) is 0 Å². The van der Waals surface area contributed by atoms with Gasteiger partial charge in [-0.1, -0.05) is 38.5 Å². The van der Waals surface area contributed by atoms with Crippen LogP contribution in [0.1, 0.15) is 81.4 Å². The van der Waals surface area contributed by atoms with Crippen LogP contribution >= 0.6 is 12.4 Å². The van der Waals surface area contributed by atoms with Crippen LogP contribution in [0, 0.1) is 5.41 Å². The van der Waals surface area contributed by atoms with Gasteiger partial charge >= 0.3 is 6.09 Å². The molecule has 3 amide bonds. The van der Waals surface area contributed by atoms with Crippen molar-refractivity contribution in [3.63, 3.8) is 0 Å². The van der Waals surface area contributed by atoms with Crippen molar-refractivity contribution >= 4 is 30.3 Å². The molecule has 1 aliphatic carbocycles. The molecule has 2 saturated heterocycles. The SMILES string of the molecule is CN(Cc1cccc2c1CC[C@H]1[C@@H]2CCN1CCCCCN1C(=O)CC(C)(C)CC1=O)C(=O)O.Cl. The molecule has 0 unspecified atom stereocenters. The highest BCUT2D eigenvalue weighted by Crippen LogP contribution is 2.42. The molecule has 2 heterocycles. The van der Waals surface area contributed by atoms with E-state index in [1.54, 1.807) is 7.05 Å². The number of amides is 3. The van der Waals surface area contributed by atoms with E-state index in [1.165, 1.54) is 20.9 Å². The van der Waals surface area contributed by atoms with E-state index in [0.29, 0.717) is 37.9 Å². The second-order valence-electron chi connectivity index (χ2n) is 11.2. The Balaban J connectivity index is 0.00000342. The van der Waals surface area contributed by atoms with Gasteiger partial charge in [0.25, 0.3) is 0 Å². The molecule has 0 bridgehead atoms. The number of carbonyl (C=O) groups is 3. The Kier molecular flexibility index (Phi) is 8.86. The van der Waals surface area contributed by atoms with Crippen LogP contribution in [0.5, 0.6) is 0 Å². The predicted octanol–water partition coefficient (Wildman–Crippen LogP) is 4.67. The first-order valence-electron chi connectivity index (χ1n) is 12.8. The van der Waals surface area contributed by atoms with Crippen molar-refractivity contribution in [2.24, 2.45) is 5.41 Å². The van der Waals surface area contributed by atoms with E-state index in [-0.39, 0.29) is 29.6 Å². The van der Waals surface area contributed by atoms with Gasteiger partial charge in [-0.15, -0.1) is 12.4 Å². The zero-order valence-corrected chi connectivity index (χ0v) is 22.1. The lowest BCUT2D eigenvalue weighted by atomic mass is 9.77. The number of hydrogen-bond acceptors (Lipinski definition) is 4. The number of rotatable bonds is 8. The Morgan fingerprint density at radius 1 is 1.09 bits per heavy atom. The number of fused-ring (bicyclic) bond motifs is 3. The Hall–Kier alpha value is -2.12. The maximum absolute atomic E-state index is 12.3. The van der Waals surface area contributed by atoms with Gasteiger partial charge < -0.3 is 10.0 Å². The van der Waals surface area contributed by atoms with Crippen molar-refractivity contribution in [2.75, 3.05) is 26.7 Å². The number of hydrogen-bond donors (Lipinski definition) is 1. The third-order valence-electron chi connectivity index (χ3n) is 7.98. The molecule has 2 fully saturated rings. The van der Waals surface area contributed by atoms with Gasteiger partial charge in [-0.05, 0) is 67.3 Å². The fraction of sp³-hybridized carbons (Fsp3) is 0.667. The second-order valence-corrected chi connectivity index (χ2v) is 11.2. The van der Waals surface area contributed by atoms with Gasteiger partial charge in [-0.25, -0.2) is 4.79 Å². The number of carboxylic acid groups (broad SMARTS) is 1. The normalized spacial score (nSPS) is 23.5. The van der Waals surface area contributed by atoms with E-state index in [9.17, 15) is 19.5 Å². The summed E-state index contributed by atoms with van der Waals surface area (Å²) in [5, 5.41) is 9.26. The Bertz CT molecular complexity index is 930. The molecule has 8 heteroatoms. The number of piperidine rings is 1. The van der Waals surface area contributed by atoms with E-state index >= 15 is 0 Å². The van der Waals surface area contributed by atoms with Crippen molar-refractivity contribution in [2.45, 2.75) is 83.7 Å². The number of carbonyl (C=O) groups excluding carboxylic acids is 2. The van der Waals surface area contributed by atoms with Gasteiger partial charge in [0.2, 0.25) is 11.8 Å². The number of likely N-dealkylation sites (tertiary alicyclic amines) is 2. The van der Waals surface area contributed by atoms with Crippen molar-refractivity contribution in [3.8, 4) is 0 Å². The number of nitrogens with zero attached hydrogens (tertiary/aromatic N) is 3. The molecule has 2 atom stereocenters. The Morgan fingerprint density at radius 3 is 2.46 bits per heavy atom. The molecule has 4 rings (SSSR count). The highest BCUT2D eigenvalue weighted by atomic mass is 35.5. The summed E-state index contributed by atoms with van der Waals surface area (Å²) in [7, 11) is 1.63. The van der Waals surface area contributed by atoms with Crippen LogP contribution in [0.2, 0.25) is 0 Å². The highest BCUT2D eigenvalue weighted by Gasteiger charge is 2.39. The summed E-state index contributed by atoms with van der Waals surface area (Å²) < 4.78 is 0. The van der Waals surface area contributed by atoms with Gasteiger partial charge in [0, 0.05) is 44.9 Å². The summed E-state index contributed by atoms with van der Waals surface area (Å²) in [5.41, 5.74) is 3.71. The summed E-state index contributed by atoms with van der Waals surface area (Å²) >= 11 is 0. The molecule has 1 N–H and O–H groups in total. The molecule has 35 heavy (non-hydrogen) atoms. The average Bonchev–Trinajstić information content (AvgIpc) is 3.18. The maximum atomic E-state index is 12.3. The molecule has 0 spiro atoms. The number of unbranched alkanes of at least 4 members (excludes halogenated alkanes) is 2. The van der Waals surface area contributed by atoms with Gasteiger partial charge in [0.1, 0.15) is 0 Å². The average molecular weight is 506 g/mol. The summed E-state index contributed by atoms with van der Waals surface area (Å²) in [6.45, 7) is 7.14. The van der Waals surface area contributed by atoms with Crippen LogP contribution in [0.3, 0.4) is 0 Å². The number of imide groups is 1. The van der Waals surface area contributed by atoms with Crippen LogP contribution < -0.4 is 0 Å². The minimum absolute atomic E-state index is 0. The first kappa shape index (κ1) is 27.5. The fourth-order valence-electron chi connectivity index (χ4n) is 6.23. The number of halogens is 1. The third kappa shape index (κ3) is 6.18. The van der Waals surface area contributed by atoms with E-state index < -0.39 is 6.09 Å². The first-order valence-corrected chi connectivity index (χ1v) is 12.8. The molecule has 0 saturated carbocycles. The van der Waals surface area contributed by atoms with Gasteiger partial charge in [-0.3, -0.25) is 19.4 Å². The molecule has 1 aromatic carbocycles. The highest BCUT2D eigenvalue weighted by molar-refractivity contribution is 5.98. The quantitative estimate of drug-likeness (QED) is 0.410. The standard InChI is InChI=1S/C27H39N3O4.ClH/c1-27(2)16-24(31)30(25(32)17-27)14-6-4-5-13-29-15-12-22-21-9-7-8-19(18-28(3)26(33)34)20(21)10-11-23(22)29;/h7-9,22-23H,4-6,10-18H2,1-3H3,(H,33,34);1H/t22-,23+;/m1./s1. The molecule has 2 aliphatic heterocycles. The minimum atomic E-state index is -0.892. The van der Waals surface area contributed by atoms with Crippen molar-refractivity contribution in [3.05, 3.63) is 34.9 Å². The topological polar surface area (TPSA) is 81.2 Å². The van der Waals surface area contributed by atoms with Crippen LogP contribution in [0.4, 0.5) is 4.79 Å². The zero-order chi connectivity index (χ0) is 24.5. The lowest BCUT2D eigenvalue weighted by Gasteiger charge is -2.35. The smallest absolute Gasteiger partial charge is 0.407 e. The maximum Gasteiger partial charge on any atom is 0.407 e. The first-order chi connectivity index (χ1) is 16.2. The van der Waals surface area contributed by atoms with Crippen LogP contribution in [0.15, 0.2) is 18.2 Å². The molecule has 7 nitrogen and oxygen atoms in total. The van der Waals surface area contributed by atoms with Gasteiger partial charge in [0.05, 0.1) is 0 Å². The van der Waals surface area contributed by atoms with Crippen molar-refractivity contribution < 1.29 is 19.5 Å². The summed E-state index contributed by atoms with van der Waals surface area (Å²) in [6.07, 6.45) is 6.31. The summed E-state index contributed by atoms with van der Waals surface area (Å²) in [4.78, 5) is 41.4. The summed E-state index contributed by atoms with van der Waals surface area (Å²) in [6, 6.07) is 6.96. The lowest BCUT2D eigenvalue weighted by Crippen LogP contribution is -2.46. The molecule has 0 aromatic heterocycles. The minimum Gasteiger partial charge on any atom is -0.465 e. The van der Waals surface area contributed by atoms with Gasteiger partial charge in [0.15, 0.2) is 0 Å². The largest absolute Gasteiger partial charge is 0.465 e. The van der Waals surface area contributed by atoms with E-state index in [2.05, 4.69) is 23.1 Å². The van der Waals surface area contributed by atoms with Crippen LogP contribution in [0.25, 0.3) is 0 Å². The molecule has 3 aliphatic rings. The number of benzene rings is 1. The fourth-order valence-corrected chi connectivity index (χ4v) is 6.23. The van der Waals surface area contributed by atoms with Crippen LogP contribution in [-0.4, -0.2) is 70.4 Å². The molecule has 0 radical (unpaired) electrons. The summed E-state index contributed by atoms with van der Waals surface area (Å²) in [5.74, 6) is 0.502. The van der Waals surface area contributed by atoms with Crippen LogP contribution in [-0.2, 0) is 22.6 Å².